The predicted octanol–water partition coefficient (Wildman–Crippen LogP) is 0.899. The smallest absolute Gasteiger partial charge is 0.368 e. The van der Waals surface area contributed by atoms with Crippen LogP contribution in [0.1, 0.15) is 30.5 Å². The number of ether oxygens (including phenoxy) is 1. The highest BCUT2D eigenvalue weighted by molar-refractivity contribution is 7.98. The van der Waals surface area contributed by atoms with Crippen LogP contribution in [0.25, 0.3) is 0 Å². The molecule has 146 valence electrons. The number of nitrogens with two attached hydrogens (primary N) is 1. The largest absolute Gasteiger partial charge is 0.464 e. The summed E-state index contributed by atoms with van der Waals surface area (Å²) in [6, 6.07) is 7.60. The standard InChI is InChI=1S/C20H26N2O4S/c1-5-22-17(23)14-15(18(22)24)20(10-11-27-4,19(25)26-3)21-16(14)13-9-7-6-8-12(13)2/h6-9,14-16,21H,5,10-11H2,1-4H3/p+1/t14-,15+,16-,20-/m1/s1. The van der Waals surface area contributed by atoms with Gasteiger partial charge in [0.2, 0.25) is 17.4 Å². The maximum absolute atomic E-state index is 13.2. The van der Waals surface area contributed by atoms with Gasteiger partial charge >= 0.3 is 5.97 Å². The van der Waals surface area contributed by atoms with Gasteiger partial charge in [0.15, 0.2) is 0 Å². The number of carbonyl (C=O) groups is 3. The van der Waals surface area contributed by atoms with E-state index in [1.54, 1.807) is 18.7 Å². The molecule has 0 saturated carbocycles. The van der Waals surface area contributed by atoms with Crippen molar-refractivity contribution in [2.75, 3.05) is 25.7 Å². The Bertz CT molecular complexity index is 768. The van der Waals surface area contributed by atoms with Gasteiger partial charge in [0.05, 0.1) is 7.11 Å². The highest BCUT2D eigenvalue weighted by atomic mass is 32.2. The molecule has 1 aromatic carbocycles. The van der Waals surface area contributed by atoms with E-state index >= 15 is 0 Å². The Balaban J connectivity index is 2.16. The van der Waals surface area contributed by atoms with Crippen LogP contribution in [0.4, 0.5) is 0 Å². The molecule has 27 heavy (non-hydrogen) atoms. The highest BCUT2D eigenvalue weighted by Gasteiger charge is 2.72. The minimum atomic E-state index is -1.06. The average molecular weight is 392 g/mol. The lowest BCUT2D eigenvalue weighted by molar-refractivity contribution is -0.734. The second-order valence-corrected chi connectivity index (χ2v) is 8.23. The first-order chi connectivity index (χ1) is 12.9. The summed E-state index contributed by atoms with van der Waals surface area (Å²) < 4.78 is 5.15. The lowest BCUT2D eigenvalue weighted by Crippen LogP contribution is -2.98. The molecule has 2 aliphatic rings. The second-order valence-electron chi connectivity index (χ2n) is 7.25. The van der Waals surface area contributed by atoms with E-state index in [0.29, 0.717) is 18.7 Å². The number of amides is 2. The number of nitrogens with zero attached hydrogens (tertiary/aromatic N) is 1. The molecule has 2 saturated heterocycles. The molecule has 2 aliphatic heterocycles. The molecule has 0 spiro atoms. The Labute approximate surface area is 164 Å². The van der Waals surface area contributed by atoms with E-state index in [9.17, 15) is 14.4 Å². The number of hydrogen-bond acceptors (Lipinski definition) is 5. The van der Waals surface area contributed by atoms with Crippen molar-refractivity contribution in [1.29, 1.82) is 0 Å². The van der Waals surface area contributed by atoms with E-state index in [1.165, 1.54) is 12.0 Å². The summed E-state index contributed by atoms with van der Waals surface area (Å²) in [6.45, 7) is 4.12. The molecule has 0 unspecified atom stereocenters. The minimum absolute atomic E-state index is 0.174. The normalized spacial score (nSPS) is 29.9. The number of carbonyl (C=O) groups excluding carboxylic acids is 3. The fraction of sp³-hybridized carbons (Fsp3) is 0.550. The van der Waals surface area contributed by atoms with E-state index in [0.717, 1.165) is 11.1 Å². The summed E-state index contributed by atoms with van der Waals surface area (Å²) in [5, 5.41) is 1.94. The van der Waals surface area contributed by atoms with Crippen molar-refractivity contribution >= 4 is 29.5 Å². The summed E-state index contributed by atoms with van der Waals surface area (Å²) in [4.78, 5) is 40.5. The summed E-state index contributed by atoms with van der Waals surface area (Å²) in [5.41, 5.74) is 0.992. The SMILES string of the molecule is CCN1C(=O)[C@H]2[C@@H](c3ccccc3C)[NH2+][C@@](CCSC)(C(=O)OC)[C@@H]2C1=O. The number of methoxy groups -OCH3 is 1. The molecule has 2 amide bonds. The van der Waals surface area contributed by atoms with E-state index < -0.39 is 23.3 Å². The summed E-state index contributed by atoms with van der Waals surface area (Å²) in [7, 11) is 1.35. The molecule has 7 heteroatoms. The highest BCUT2D eigenvalue weighted by Crippen LogP contribution is 2.46. The Morgan fingerprint density at radius 3 is 2.59 bits per heavy atom. The minimum Gasteiger partial charge on any atom is -0.464 e. The van der Waals surface area contributed by atoms with Gasteiger partial charge in [-0.15, -0.1) is 0 Å². The zero-order valence-corrected chi connectivity index (χ0v) is 17.0. The van der Waals surface area contributed by atoms with E-state index in [4.69, 9.17) is 4.74 Å². The maximum Gasteiger partial charge on any atom is 0.368 e. The van der Waals surface area contributed by atoms with Gasteiger partial charge in [0.1, 0.15) is 17.9 Å². The first-order valence-electron chi connectivity index (χ1n) is 9.27. The van der Waals surface area contributed by atoms with Gasteiger partial charge in [-0.2, -0.15) is 11.8 Å². The van der Waals surface area contributed by atoms with Gasteiger partial charge in [0, 0.05) is 18.5 Å². The third-order valence-corrected chi connectivity index (χ3v) is 6.62. The van der Waals surface area contributed by atoms with Gasteiger partial charge in [-0.05, 0) is 31.4 Å². The molecule has 6 nitrogen and oxygen atoms in total. The summed E-state index contributed by atoms with van der Waals surface area (Å²) in [6.07, 6.45) is 2.46. The van der Waals surface area contributed by atoms with Crippen molar-refractivity contribution < 1.29 is 24.4 Å². The van der Waals surface area contributed by atoms with Crippen LogP contribution in [-0.2, 0) is 19.1 Å². The number of likely N-dealkylation sites (tertiary alicyclic amines) is 1. The number of esters is 1. The topological polar surface area (TPSA) is 80.3 Å². The van der Waals surface area contributed by atoms with Gasteiger partial charge in [-0.3, -0.25) is 14.5 Å². The van der Waals surface area contributed by atoms with Gasteiger partial charge in [-0.1, -0.05) is 24.3 Å². The first kappa shape index (κ1) is 19.9. The van der Waals surface area contributed by atoms with E-state index in [1.807, 2.05) is 42.8 Å². The Morgan fingerprint density at radius 2 is 2.00 bits per heavy atom. The lowest BCUT2D eigenvalue weighted by Gasteiger charge is -2.29. The molecule has 2 N–H and O–H groups in total. The number of rotatable bonds is 6. The van der Waals surface area contributed by atoms with E-state index in [-0.39, 0.29) is 17.9 Å². The fourth-order valence-corrected chi connectivity index (χ4v) is 5.28. The predicted molar refractivity (Wildman–Crippen MR) is 103 cm³/mol. The third-order valence-electron chi connectivity index (χ3n) is 6.01. The maximum atomic E-state index is 13.2. The van der Waals surface area contributed by atoms with Crippen LogP contribution in [0.3, 0.4) is 0 Å². The quantitative estimate of drug-likeness (QED) is 0.576. The molecular formula is C20H27N2O4S+. The van der Waals surface area contributed by atoms with Crippen LogP contribution < -0.4 is 5.32 Å². The van der Waals surface area contributed by atoms with Crippen LogP contribution in [0, 0.1) is 18.8 Å². The van der Waals surface area contributed by atoms with Crippen molar-refractivity contribution in [2.24, 2.45) is 11.8 Å². The van der Waals surface area contributed by atoms with Crippen molar-refractivity contribution in [3.05, 3.63) is 35.4 Å². The Hall–Kier alpha value is -1.86. The van der Waals surface area contributed by atoms with Crippen LogP contribution in [0.5, 0.6) is 0 Å². The summed E-state index contributed by atoms with van der Waals surface area (Å²) in [5.74, 6) is -1.35. The number of hydrogen-bond donors (Lipinski definition) is 1. The monoisotopic (exact) mass is 391 g/mol. The molecule has 0 aromatic heterocycles. The van der Waals surface area contributed by atoms with Crippen molar-refractivity contribution in [3.8, 4) is 0 Å². The van der Waals surface area contributed by atoms with Crippen molar-refractivity contribution in [2.45, 2.75) is 31.8 Å². The number of imide groups is 1. The van der Waals surface area contributed by atoms with Gasteiger partial charge in [-0.25, -0.2) is 4.79 Å². The molecule has 3 rings (SSSR count). The van der Waals surface area contributed by atoms with Crippen LogP contribution in [0.15, 0.2) is 24.3 Å². The van der Waals surface area contributed by atoms with Crippen molar-refractivity contribution in [1.82, 2.24) is 4.90 Å². The molecule has 2 heterocycles. The lowest BCUT2D eigenvalue weighted by atomic mass is 9.77. The number of thioether (sulfide) groups is 1. The average Bonchev–Trinajstić information content (AvgIpc) is 3.14. The van der Waals surface area contributed by atoms with E-state index in [2.05, 4.69) is 0 Å². The second kappa shape index (κ2) is 7.64. The summed E-state index contributed by atoms with van der Waals surface area (Å²) >= 11 is 1.62. The number of benzene rings is 1. The van der Waals surface area contributed by atoms with Gasteiger partial charge < -0.3 is 10.1 Å². The molecule has 2 fully saturated rings. The van der Waals surface area contributed by atoms with Crippen LogP contribution in [0.2, 0.25) is 0 Å². The Morgan fingerprint density at radius 1 is 1.30 bits per heavy atom. The zero-order chi connectivity index (χ0) is 19.8. The molecule has 1 aromatic rings. The first-order valence-corrected chi connectivity index (χ1v) is 10.7. The molecule has 0 aliphatic carbocycles. The van der Waals surface area contributed by atoms with Crippen LogP contribution >= 0.6 is 11.8 Å². The van der Waals surface area contributed by atoms with Crippen LogP contribution in [-0.4, -0.2) is 53.9 Å². The number of quaternary nitrogens is 1. The molecular weight excluding hydrogens is 364 g/mol. The van der Waals surface area contributed by atoms with Gasteiger partial charge in [0.25, 0.3) is 0 Å². The third kappa shape index (κ3) is 2.97. The zero-order valence-electron chi connectivity index (χ0n) is 16.2. The number of fused-ring (bicyclic) bond motifs is 1. The Kier molecular flexibility index (Phi) is 5.63. The fourth-order valence-electron chi connectivity index (χ4n) is 4.73. The molecule has 4 atom stereocenters. The number of aryl methyl sites for hydroxylation is 1. The molecule has 0 bridgehead atoms. The molecule has 0 radical (unpaired) electrons. The van der Waals surface area contributed by atoms with Crippen molar-refractivity contribution in [3.63, 3.8) is 0 Å².